The van der Waals surface area contributed by atoms with E-state index in [4.69, 9.17) is 16.3 Å². The van der Waals surface area contributed by atoms with Gasteiger partial charge < -0.3 is 15.0 Å². The van der Waals surface area contributed by atoms with Gasteiger partial charge in [0.2, 0.25) is 0 Å². The summed E-state index contributed by atoms with van der Waals surface area (Å²) in [6, 6.07) is 5.17. The molecule has 3 aromatic rings. The van der Waals surface area contributed by atoms with Gasteiger partial charge in [-0.05, 0) is 30.7 Å². The van der Waals surface area contributed by atoms with Crippen LogP contribution in [-0.4, -0.2) is 58.1 Å². The predicted octanol–water partition coefficient (Wildman–Crippen LogP) is 4.39. The minimum Gasteiger partial charge on any atom is -0.380 e. The van der Waals surface area contributed by atoms with Crippen molar-refractivity contribution in [2.75, 3.05) is 31.6 Å². The van der Waals surface area contributed by atoms with Gasteiger partial charge in [-0.1, -0.05) is 11.6 Å². The van der Waals surface area contributed by atoms with Crippen molar-refractivity contribution in [3.05, 3.63) is 47.0 Å². The lowest BCUT2D eigenvalue weighted by Crippen LogP contribution is -2.33. The fourth-order valence-corrected chi connectivity index (χ4v) is 3.51. The second kappa shape index (κ2) is 8.91. The van der Waals surface area contributed by atoms with E-state index in [-0.39, 0.29) is 33.1 Å². The number of fused-ring (bicyclic) bond motifs is 1. The van der Waals surface area contributed by atoms with Gasteiger partial charge >= 0.3 is 6.18 Å². The first-order valence-electron chi connectivity index (χ1n) is 9.74. The second-order valence-electron chi connectivity index (χ2n) is 7.22. The van der Waals surface area contributed by atoms with Crippen molar-refractivity contribution in [3.63, 3.8) is 0 Å². The van der Waals surface area contributed by atoms with Gasteiger partial charge in [0.15, 0.2) is 5.82 Å². The van der Waals surface area contributed by atoms with Crippen molar-refractivity contribution in [2.45, 2.75) is 19.1 Å². The number of nitrogens with zero attached hydrogens (tertiary/aromatic N) is 4. The number of carbonyl (C=O) groups excluding carboxylic acids is 1. The molecule has 0 unspecified atom stereocenters. The van der Waals surface area contributed by atoms with Crippen molar-refractivity contribution < 1.29 is 27.1 Å². The van der Waals surface area contributed by atoms with Crippen molar-refractivity contribution in [2.24, 2.45) is 0 Å². The average Bonchev–Trinajstić information content (AvgIpc) is 2.91. The summed E-state index contributed by atoms with van der Waals surface area (Å²) in [5.41, 5.74) is 0.325. The van der Waals surface area contributed by atoms with Gasteiger partial charge in [-0.25, -0.2) is 4.39 Å². The van der Waals surface area contributed by atoms with E-state index in [0.717, 1.165) is 10.7 Å². The zero-order chi connectivity index (χ0) is 22.9. The Morgan fingerprint density at radius 2 is 2.03 bits per heavy atom. The highest BCUT2D eigenvalue weighted by atomic mass is 35.5. The van der Waals surface area contributed by atoms with Gasteiger partial charge in [0.1, 0.15) is 18.1 Å². The van der Waals surface area contributed by atoms with Gasteiger partial charge in [-0.15, -0.1) is 0 Å². The van der Waals surface area contributed by atoms with E-state index in [1.165, 1.54) is 24.4 Å². The molecule has 1 aromatic carbocycles. The van der Waals surface area contributed by atoms with Gasteiger partial charge in [0, 0.05) is 31.6 Å². The lowest BCUT2D eigenvalue weighted by Gasteiger charge is -2.19. The summed E-state index contributed by atoms with van der Waals surface area (Å²) in [4.78, 5) is 18.6. The summed E-state index contributed by atoms with van der Waals surface area (Å²) in [6.45, 7) is 0.389. The minimum absolute atomic E-state index is 0.00631. The predicted molar refractivity (Wildman–Crippen MR) is 110 cm³/mol. The molecule has 3 heterocycles. The maximum absolute atomic E-state index is 13.8. The molecule has 4 rings (SSSR count). The van der Waals surface area contributed by atoms with Crippen LogP contribution in [0.2, 0.25) is 5.02 Å². The van der Waals surface area contributed by atoms with Gasteiger partial charge in [0.25, 0.3) is 5.91 Å². The van der Waals surface area contributed by atoms with E-state index in [1.807, 2.05) is 0 Å². The fourth-order valence-electron chi connectivity index (χ4n) is 3.39. The van der Waals surface area contributed by atoms with Crippen molar-refractivity contribution >= 4 is 39.9 Å². The first-order valence-corrected chi connectivity index (χ1v) is 10.1. The Labute approximate surface area is 184 Å². The summed E-state index contributed by atoms with van der Waals surface area (Å²) in [5.74, 6) is -1.05. The lowest BCUT2D eigenvalue weighted by molar-refractivity contribution is -0.141. The average molecular weight is 472 g/mol. The fraction of sp³-hybridized carbons (Fsp3) is 0.350. The second-order valence-corrected chi connectivity index (χ2v) is 7.63. The third-order valence-corrected chi connectivity index (χ3v) is 5.18. The van der Waals surface area contributed by atoms with Gasteiger partial charge in [0.05, 0.1) is 22.5 Å². The van der Waals surface area contributed by atoms with Crippen LogP contribution in [0.4, 0.5) is 29.1 Å². The van der Waals surface area contributed by atoms with Crippen molar-refractivity contribution in [1.29, 1.82) is 0 Å². The summed E-state index contributed by atoms with van der Waals surface area (Å²) in [5, 5.41) is 6.95. The van der Waals surface area contributed by atoms with E-state index in [9.17, 15) is 22.4 Å². The highest BCUT2D eigenvalue weighted by Crippen LogP contribution is 2.30. The monoisotopic (exact) mass is 471 g/mol. The van der Waals surface area contributed by atoms with Crippen molar-refractivity contribution in [1.82, 2.24) is 19.7 Å². The molecule has 1 fully saturated rings. The molecular formula is C20H18ClF4N5O2. The summed E-state index contributed by atoms with van der Waals surface area (Å²) in [6.07, 6.45) is -2.60. The summed E-state index contributed by atoms with van der Waals surface area (Å²) < 4.78 is 59.3. The molecule has 7 nitrogen and oxygen atoms in total. The number of ether oxygens (including phenoxy) is 1. The number of anilines is 2. The highest BCUT2D eigenvalue weighted by molar-refractivity contribution is 6.30. The van der Waals surface area contributed by atoms with Crippen LogP contribution in [0, 0.1) is 5.82 Å². The molecule has 0 spiro atoms. The zero-order valence-electron chi connectivity index (χ0n) is 16.6. The van der Waals surface area contributed by atoms with Crippen LogP contribution in [0.15, 0.2) is 30.5 Å². The minimum atomic E-state index is -4.54. The molecule has 12 heteroatoms. The Morgan fingerprint density at radius 1 is 1.22 bits per heavy atom. The quantitative estimate of drug-likeness (QED) is 0.571. The number of rotatable bonds is 4. The Balaban J connectivity index is 1.72. The number of alkyl halides is 3. The molecule has 0 aliphatic carbocycles. The standard InChI is InChI=1S/C20H18ClF4N5O2/c21-14-3-2-12(8-15(14)22)27-18-13-10-26-16(19(31)29-4-1-6-32-7-5-29)9-17(13)30(28-18)11-20(23,24)25/h2-3,8-10H,1,4-7,11H2,(H,27,28). The number of amides is 1. The smallest absolute Gasteiger partial charge is 0.380 e. The van der Waals surface area contributed by atoms with Gasteiger partial charge in [-0.2, -0.15) is 18.3 Å². The van der Waals surface area contributed by atoms with E-state index in [2.05, 4.69) is 15.4 Å². The number of nitrogens with one attached hydrogen (secondary N) is 1. The molecule has 0 saturated carbocycles. The highest BCUT2D eigenvalue weighted by Gasteiger charge is 2.30. The first-order chi connectivity index (χ1) is 15.2. The van der Waals surface area contributed by atoms with E-state index >= 15 is 0 Å². The van der Waals surface area contributed by atoms with E-state index in [1.54, 1.807) is 4.90 Å². The van der Waals surface area contributed by atoms with Crippen LogP contribution in [0.3, 0.4) is 0 Å². The summed E-state index contributed by atoms with van der Waals surface area (Å²) >= 11 is 5.68. The molecule has 1 aliphatic heterocycles. The van der Waals surface area contributed by atoms with Crippen LogP contribution >= 0.6 is 11.6 Å². The molecular weight excluding hydrogens is 454 g/mol. The third-order valence-electron chi connectivity index (χ3n) is 4.88. The number of benzene rings is 1. The van der Waals surface area contributed by atoms with E-state index in [0.29, 0.717) is 32.7 Å². The molecule has 0 bridgehead atoms. The summed E-state index contributed by atoms with van der Waals surface area (Å²) in [7, 11) is 0. The number of hydrogen-bond donors (Lipinski definition) is 1. The Kier molecular flexibility index (Phi) is 6.20. The van der Waals surface area contributed by atoms with Gasteiger partial charge in [-0.3, -0.25) is 14.5 Å². The largest absolute Gasteiger partial charge is 0.408 e. The number of carbonyl (C=O) groups is 1. The maximum Gasteiger partial charge on any atom is 0.408 e. The number of aromatic nitrogens is 3. The topological polar surface area (TPSA) is 72.3 Å². The Morgan fingerprint density at radius 3 is 2.78 bits per heavy atom. The van der Waals surface area contributed by atoms with Crippen LogP contribution in [-0.2, 0) is 11.3 Å². The lowest BCUT2D eigenvalue weighted by atomic mass is 10.2. The molecule has 0 radical (unpaired) electrons. The van der Waals surface area contributed by atoms with Crippen LogP contribution in [0.25, 0.3) is 10.9 Å². The first kappa shape index (κ1) is 22.3. The normalized spacial score (nSPS) is 15.1. The zero-order valence-corrected chi connectivity index (χ0v) is 17.4. The number of pyridine rings is 1. The molecule has 2 aromatic heterocycles. The molecule has 1 saturated heterocycles. The Bertz CT molecular complexity index is 1140. The molecule has 1 aliphatic rings. The van der Waals surface area contributed by atoms with Crippen LogP contribution in [0.1, 0.15) is 16.9 Å². The number of hydrogen-bond acceptors (Lipinski definition) is 5. The molecule has 32 heavy (non-hydrogen) atoms. The molecule has 170 valence electrons. The molecule has 1 amide bonds. The van der Waals surface area contributed by atoms with E-state index < -0.39 is 24.4 Å². The maximum atomic E-state index is 13.8. The third kappa shape index (κ3) is 4.94. The Hall–Kier alpha value is -2.92. The SMILES string of the molecule is O=C(c1cc2c(cn1)c(Nc1ccc(Cl)c(F)c1)nn2CC(F)(F)F)N1CCCOCC1. The van der Waals surface area contributed by atoms with Crippen molar-refractivity contribution in [3.8, 4) is 0 Å². The van der Waals surface area contributed by atoms with Crippen LogP contribution in [0.5, 0.6) is 0 Å². The molecule has 1 N–H and O–H groups in total. The number of halogens is 5. The van der Waals surface area contributed by atoms with Crippen LogP contribution < -0.4 is 5.32 Å². The molecule has 0 atom stereocenters.